The Kier molecular flexibility index (Phi) is 2.27. The number of hydrogen-bond acceptors (Lipinski definition) is 5. The van der Waals surface area contributed by atoms with E-state index in [-0.39, 0.29) is 11.9 Å². The van der Waals surface area contributed by atoms with E-state index >= 15 is 0 Å². The minimum Gasteiger partial charge on any atom is -0.304 e. The van der Waals surface area contributed by atoms with Gasteiger partial charge in [-0.3, -0.25) is 10.1 Å². The third-order valence-electron chi connectivity index (χ3n) is 2.84. The lowest BCUT2D eigenvalue weighted by atomic mass is 10.1. The molecule has 1 atom stereocenters. The summed E-state index contributed by atoms with van der Waals surface area (Å²) < 4.78 is 1.77. The van der Waals surface area contributed by atoms with Gasteiger partial charge in [0.15, 0.2) is 0 Å². The molecule has 2 N–H and O–H groups in total. The lowest BCUT2D eigenvalue weighted by Gasteiger charge is -2.11. The molecule has 0 spiro atoms. The Morgan fingerprint density at radius 3 is 3.06 bits per heavy atom. The average Bonchev–Trinajstić information content (AvgIpc) is 2.87. The van der Waals surface area contributed by atoms with Gasteiger partial charge in [-0.1, -0.05) is 12.1 Å². The van der Waals surface area contributed by atoms with E-state index in [0.717, 1.165) is 17.1 Å². The summed E-state index contributed by atoms with van der Waals surface area (Å²) in [5, 5.41) is 15.1. The molecule has 1 aliphatic heterocycles. The number of fused-ring (bicyclic) bond motifs is 1. The molecule has 0 radical (unpaired) electrons. The summed E-state index contributed by atoms with van der Waals surface area (Å²) in [7, 11) is 0. The van der Waals surface area contributed by atoms with Crippen LogP contribution in [0, 0.1) is 17.0 Å². The van der Waals surface area contributed by atoms with Crippen LogP contribution in [0.5, 0.6) is 0 Å². The highest BCUT2D eigenvalue weighted by Crippen LogP contribution is 2.27. The number of aromatic nitrogens is 2. The SMILES string of the molecule is Cc1cc2n(n1)C(c1cccc([N+](=O)[O-])c1)NN2. The van der Waals surface area contributed by atoms with Gasteiger partial charge in [-0.05, 0) is 12.5 Å². The third-order valence-corrected chi connectivity index (χ3v) is 2.84. The highest BCUT2D eigenvalue weighted by molar-refractivity contribution is 5.43. The van der Waals surface area contributed by atoms with E-state index in [9.17, 15) is 10.1 Å². The maximum Gasteiger partial charge on any atom is 0.269 e. The van der Waals surface area contributed by atoms with Gasteiger partial charge in [-0.25, -0.2) is 10.1 Å². The summed E-state index contributed by atoms with van der Waals surface area (Å²) in [5.41, 5.74) is 7.80. The van der Waals surface area contributed by atoms with Crippen LogP contribution < -0.4 is 10.9 Å². The van der Waals surface area contributed by atoms with Gasteiger partial charge in [-0.2, -0.15) is 5.10 Å². The number of rotatable bonds is 2. The Balaban J connectivity index is 2.01. The van der Waals surface area contributed by atoms with Crippen molar-refractivity contribution in [3.8, 4) is 0 Å². The van der Waals surface area contributed by atoms with Crippen molar-refractivity contribution in [2.75, 3.05) is 5.43 Å². The molecule has 0 bridgehead atoms. The quantitative estimate of drug-likeness (QED) is 0.619. The summed E-state index contributed by atoms with van der Waals surface area (Å²) in [6.07, 6.45) is -0.228. The summed E-state index contributed by atoms with van der Waals surface area (Å²) in [4.78, 5) is 10.4. The standard InChI is InChI=1S/C11H11N5O2/c1-7-5-10-12-13-11(15(10)14-7)8-3-2-4-9(6-8)16(17)18/h2-6,11-13H,1H3. The Bertz CT molecular complexity index is 622. The van der Waals surface area contributed by atoms with E-state index in [1.807, 2.05) is 19.1 Å². The second-order valence-corrected chi connectivity index (χ2v) is 4.14. The first-order chi connectivity index (χ1) is 8.65. The molecule has 7 nitrogen and oxygen atoms in total. The molecule has 1 aliphatic rings. The van der Waals surface area contributed by atoms with Crippen LogP contribution in [0.1, 0.15) is 17.4 Å². The van der Waals surface area contributed by atoms with Crippen molar-refractivity contribution < 1.29 is 4.92 Å². The van der Waals surface area contributed by atoms with Crippen LogP contribution in [0.25, 0.3) is 0 Å². The fraction of sp³-hybridized carbons (Fsp3) is 0.182. The van der Waals surface area contributed by atoms with Crippen LogP contribution in [0.3, 0.4) is 0 Å². The number of hydrazine groups is 1. The molecule has 0 saturated heterocycles. The summed E-state index contributed by atoms with van der Waals surface area (Å²) in [5.74, 6) is 0.851. The van der Waals surface area contributed by atoms with Crippen LogP contribution >= 0.6 is 0 Å². The maximum absolute atomic E-state index is 10.8. The van der Waals surface area contributed by atoms with Gasteiger partial charge in [0.1, 0.15) is 12.0 Å². The highest BCUT2D eigenvalue weighted by Gasteiger charge is 2.25. The van der Waals surface area contributed by atoms with Gasteiger partial charge < -0.3 is 5.43 Å². The Hall–Kier alpha value is -2.41. The Morgan fingerprint density at radius 1 is 1.44 bits per heavy atom. The van der Waals surface area contributed by atoms with Crippen LogP contribution in [0.15, 0.2) is 30.3 Å². The number of nitro groups is 1. The van der Waals surface area contributed by atoms with E-state index in [1.165, 1.54) is 6.07 Å². The normalized spacial score (nSPS) is 17.3. The number of aryl methyl sites for hydroxylation is 1. The molecule has 3 rings (SSSR count). The molecule has 0 fully saturated rings. The number of hydrogen-bond donors (Lipinski definition) is 2. The molecule has 7 heteroatoms. The van der Waals surface area contributed by atoms with E-state index in [0.29, 0.717) is 0 Å². The van der Waals surface area contributed by atoms with Crippen molar-refractivity contribution in [3.05, 3.63) is 51.7 Å². The van der Waals surface area contributed by atoms with Crippen molar-refractivity contribution in [2.45, 2.75) is 13.1 Å². The van der Waals surface area contributed by atoms with E-state index in [4.69, 9.17) is 0 Å². The molecule has 18 heavy (non-hydrogen) atoms. The average molecular weight is 245 g/mol. The molecule has 0 amide bonds. The zero-order valence-electron chi connectivity index (χ0n) is 9.62. The van der Waals surface area contributed by atoms with Crippen LogP contribution in [0.4, 0.5) is 11.5 Å². The van der Waals surface area contributed by atoms with Crippen molar-refractivity contribution in [2.24, 2.45) is 0 Å². The molecular formula is C11H11N5O2. The summed E-state index contributed by atoms with van der Waals surface area (Å²) in [6.45, 7) is 1.90. The molecular weight excluding hydrogens is 234 g/mol. The smallest absolute Gasteiger partial charge is 0.269 e. The predicted molar refractivity (Wildman–Crippen MR) is 65.0 cm³/mol. The van der Waals surface area contributed by atoms with Crippen molar-refractivity contribution in [3.63, 3.8) is 0 Å². The van der Waals surface area contributed by atoms with Crippen molar-refractivity contribution >= 4 is 11.5 Å². The number of benzene rings is 1. The minimum atomic E-state index is -0.402. The topological polar surface area (TPSA) is 85.0 Å². The zero-order valence-corrected chi connectivity index (χ0v) is 9.62. The van der Waals surface area contributed by atoms with Gasteiger partial charge >= 0.3 is 0 Å². The predicted octanol–water partition coefficient (Wildman–Crippen LogP) is 1.58. The zero-order chi connectivity index (χ0) is 12.7. The minimum absolute atomic E-state index is 0.0756. The molecule has 1 unspecified atom stereocenters. The molecule has 0 saturated carbocycles. The molecule has 2 heterocycles. The fourth-order valence-electron chi connectivity index (χ4n) is 2.04. The fourth-order valence-corrected chi connectivity index (χ4v) is 2.04. The van der Waals surface area contributed by atoms with Gasteiger partial charge in [0.05, 0.1) is 10.6 Å². The maximum atomic E-state index is 10.8. The molecule has 2 aromatic rings. The first kappa shape index (κ1) is 10.7. The second kappa shape index (κ2) is 3.81. The van der Waals surface area contributed by atoms with E-state index < -0.39 is 4.92 Å². The van der Waals surface area contributed by atoms with E-state index in [2.05, 4.69) is 16.0 Å². The Labute approximate surface area is 103 Å². The Morgan fingerprint density at radius 2 is 2.28 bits per heavy atom. The molecule has 1 aromatic heterocycles. The van der Waals surface area contributed by atoms with E-state index in [1.54, 1.807) is 16.8 Å². The first-order valence-corrected chi connectivity index (χ1v) is 5.47. The third kappa shape index (κ3) is 1.61. The largest absolute Gasteiger partial charge is 0.304 e. The van der Waals surface area contributed by atoms with Gasteiger partial charge in [0, 0.05) is 18.2 Å². The second-order valence-electron chi connectivity index (χ2n) is 4.14. The van der Waals surface area contributed by atoms with Crippen LogP contribution in [0.2, 0.25) is 0 Å². The van der Waals surface area contributed by atoms with Crippen molar-refractivity contribution in [1.82, 2.24) is 15.2 Å². The number of nitro benzene ring substituents is 1. The molecule has 1 aromatic carbocycles. The van der Waals surface area contributed by atoms with Crippen LogP contribution in [-0.4, -0.2) is 14.7 Å². The summed E-state index contributed by atoms with van der Waals surface area (Å²) >= 11 is 0. The number of nitrogens with zero attached hydrogens (tertiary/aromatic N) is 3. The number of anilines is 1. The summed E-state index contributed by atoms with van der Waals surface area (Å²) in [6, 6.07) is 8.43. The first-order valence-electron chi connectivity index (χ1n) is 5.47. The number of non-ortho nitro benzene ring substituents is 1. The lowest BCUT2D eigenvalue weighted by molar-refractivity contribution is -0.384. The van der Waals surface area contributed by atoms with Crippen LogP contribution in [-0.2, 0) is 0 Å². The number of nitrogens with one attached hydrogen (secondary N) is 2. The van der Waals surface area contributed by atoms with Gasteiger partial charge in [0.2, 0.25) is 0 Å². The lowest BCUT2D eigenvalue weighted by Crippen LogP contribution is -2.23. The molecule has 0 aliphatic carbocycles. The van der Waals surface area contributed by atoms with Gasteiger partial charge in [0.25, 0.3) is 5.69 Å². The molecule has 92 valence electrons. The highest BCUT2D eigenvalue weighted by atomic mass is 16.6. The van der Waals surface area contributed by atoms with Gasteiger partial charge in [-0.15, -0.1) is 0 Å². The monoisotopic (exact) mass is 245 g/mol. The van der Waals surface area contributed by atoms with Crippen molar-refractivity contribution in [1.29, 1.82) is 0 Å².